The van der Waals surface area contributed by atoms with Gasteiger partial charge in [0.15, 0.2) is 5.75 Å². The highest BCUT2D eigenvalue weighted by atomic mass is 79.9. The van der Waals surface area contributed by atoms with Gasteiger partial charge in [-0.3, -0.25) is 0 Å². The van der Waals surface area contributed by atoms with Crippen molar-refractivity contribution < 1.29 is 14.7 Å². The highest BCUT2D eigenvalue weighted by Gasteiger charge is 2.34. The van der Waals surface area contributed by atoms with E-state index in [1.807, 2.05) is 32.9 Å². The van der Waals surface area contributed by atoms with Gasteiger partial charge in [0.2, 0.25) is 0 Å². The Hall–Kier alpha value is -1.23. The lowest BCUT2D eigenvalue weighted by atomic mass is 9.92. The van der Waals surface area contributed by atoms with Crippen molar-refractivity contribution in [3.05, 3.63) is 28.2 Å². The predicted octanol–water partition coefficient (Wildman–Crippen LogP) is 4.86. The van der Waals surface area contributed by atoms with Gasteiger partial charge in [-0.05, 0) is 56.9 Å². The second-order valence-electron chi connectivity index (χ2n) is 5.99. The SMILES string of the molecule is Cc1cc(Br)ccc1ON(C(=O)O)C(C)(C)CC(C)C. The lowest BCUT2D eigenvalue weighted by Crippen LogP contribution is -2.50. The normalized spacial score (nSPS) is 11.6. The maximum atomic E-state index is 11.5. The summed E-state index contributed by atoms with van der Waals surface area (Å²) in [5, 5.41) is 10.5. The van der Waals surface area contributed by atoms with Crippen LogP contribution < -0.4 is 4.84 Å². The van der Waals surface area contributed by atoms with E-state index in [0.29, 0.717) is 11.7 Å². The molecule has 0 aliphatic carbocycles. The molecule has 0 saturated carbocycles. The molecule has 0 atom stereocenters. The van der Waals surface area contributed by atoms with Crippen LogP contribution in [0.5, 0.6) is 5.75 Å². The zero-order valence-electron chi connectivity index (χ0n) is 12.6. The number of halogens is 1. The fourth-order valence-electron chi connectivity index (χ4n) is 2.32. The molecule has 20 heavy (non-hydrogen) atoms. The van der Waals surface area contributed by atoms with E-state index in [4.69, 9.17) is 4.84 Å². The third kappa shape index (κ3) is 4.40. The number of rotatable bonds is 5. The van der Waals surface area contributed by atoms with Crippen LogP contribution in [-0.2, 0) is 0 Å². The van der Waals surface area contributed by atoms with Crippen LogP contribution in [0.2, 0.25) is 0 Å². The van der Waals surface area contributed by atoms with Gasteiger partial charge in [-0.2, -0.15) is 0 Å². The molecule has 1 aromatic carbocycles. The van der Waals surface area contributed by atoms with E-state index in [-0.39, 0.29) is 0 Å². The number of aryl methyl sites for hydroxylation is 1. The first kappa shape index (κ1) is 16.8. The van der Waals surface area contributed by atoms with Crippen molar-refractivity contribution in [3.63, 3.8) is 0 Å². The van der Waals surface area contributed by atoms with Crippen molar-refractivity contribution in [1.82, 2.24) is 5.06 Å². The summed E-state index contributed by atoms with van der Waals surface area (Å²) >= 11 is 3.38. The number of nitrogens with zero attached hydrogens (tertiary/aromatic N) is 1. The Labute approximate surface area is 128 Å². The van der Waals surface area contributed by atoms with E-state index in [0.717, 1.165) is 21.5 Å². The van der Waals surface area contributed by atoms with E-state index in [9.17, 15) is 9.90 Å². The Morgan fingerprint density at radius 2 is 2.05 bits per heavy atom. The van der Waals surface area contributed by atoms with Crippen LogP contribution in [-0.4, -0.2) is 21.8 Å². The van der Waals surface area contributed by atoms with Gasteiger partial charge in [0, 0.05) is 4.47 Å². The number of amides is 1. The number of hydrogen-bond donors (Lipinski definition) is 1. The molecule has 0 aliphatic heterocycles. The second-order valence-corrected chi connectivity index (χ2v) is 6.90. The largest absolute Gasteiger partial charge is 0.463 e. The first-order valence-corrected chi connectivity index (χ1v) is 7.40. The van der Waals surface area contributed by atoms with Gasteiger partial charge in [0.1, 0.15) is 0 Å². The van der Waals surface area contributed by atoms with Crippen molar-refractivity contribution in [1.29, 1.82) is 0 Å². The standard InChI is InChI=1S/C15H22BrNO3/c1-10(2)9-15(4,5)17(14(18)19)20-13-7-6-12(16)8-11(13)3/h6-8,10H,9H2,1-5H3,(H,18,19). The van der Waals surface area contributed by atoms with Gasteiger partial charge in [0.25, 0.3) is 0 Å². The molecule has 0 spiro atoms. The third-order valence-corrected chi connectivity index (χ3v) is 3.45. The molecule has 1 amide bonds. The molecule has 1 rings (SSSR count). The van der Waals surface area contributed by atoms with Gasteiger partial charge in [0.05, 0.1) is 5.54 Å². The molecule has 1 N–H and O–H groups in total. The van der Waals surface area contributed by atoms with Gasteiger partial charge in [-0.15, -0.1) is 5.06 Å². The molecule has 112 valence electrons. The zero-order chi connectivity index (χ0) is 15.5. The Kier molecular flexibility index (Phi) is 5.45. The van der Waals surface area contributed by atoms with Crippen molar-refractivity contribution >= 4 is 22.0 Å². The molecule has 0 fully saturated rings. The quantitative estimate of drug-likeness (QED) is 0.777. The molecular formula is C15H22BrNO3. The summed E-state index contributed by atoms with van der Waals surface area (Å²) in [6.07, 6.45) is -0.368. The summed E-state index contributed by atoms with van der Waals surface area (Å²) in [4.78, 5) is 17.1. The Balaban J connectivity index is 3.01. The summed E-state index contributed by atoms with van der Waals surface area (Å²) in [6.45, 7) is 9.75. The smallest absolute Gasteiger partial charge is 0.441 e. The minimum Gasteiger partial charge on any atom is -0.463 e. The summed E-state index contributed by atoms with van der Waals surface area (Å²) < 4.78 is 0.936. The molecule has 1 aromatic rings. The fraction of sp³-hybridized carbons (Fsp3) is 0.533. The zero-order valence-corrected chi connectivity index (χ0v) is 14.2. The highest BCUT2D eigenvalue weighted by Crippen LogP contribution is 2.28. The van der Waals surface area contributed by atoms with Gasteiger partial charge in [-0.25, -0.2) is 4.79 Å². The molecule has 4 nitrogen and oxygen atoms in total. The van der Waals surface area contributed by atoms with E-state index in [1.54, 1.807) is 6.07 Å². The van der Waals surface area contributed by atoms with E-state index in [1.165, 1.54) is 0 Å². The molecule has 5 heteroatoms. The van der Waals surface area contributed by atoms with Crippen molar-refractivity contribution in [3.8, 4) is 5.75 Å². The molecule has 0 saturated heterocycles. The van der Waals surface area contributed by atoms with E-state index >= 15 is 0 Å². The maximum absolute atomic E-state index is 11.5. The monoisotopic (exact) mass is 343 g/mol. The summed E-state index contributed by atoms with van der Waals surface area (Å²) in [7, 11) is 0. The van der Waals surface area contributed by atoms with Crippen LogP contribution in [0.3, 0.4) is 0 Å². The number of hydroxylamine groups is 2. The van der Waals surface area contributed by atoms with Crippen molar-refractivity contribution in [2.45, 2.75) is 46.6 Å². The first-order valence-electron chi connectivity index (χ1n) is 6.61. The predicted molar refractivity (Wildman–Crippen MR) is 82.9 cm³/mol. The van der Waals surface area contributed by atoms with Crippen molar-refractivity contribution in [2.75, 3.05) is 0 Å². The number of carboxylic acid groups (broad SMARTS) is 1. The lowest BCUT2D eigenvalue weighted by Gasteiger charge is -2.36. The summed E-state index contributed by atoms with van der Waals surface area (Å²) in [6, 6.07) is 5.49. The molecule has 0 unspecified atom stereocenters. The van der Waals surface area contributed by atoms with E-state index in [2.05, 4.69) is 29.8 Å². The number of hydrogen-bond acceptors (Lipinski definition) is 2. The molecule has 0 heterocycles. The highest BCUT2D eigenvalue weighted by molar-refractivity contribution is 9.10. The Morgan fingerprint density at radius 1 is 1.45 bits per heavy atom. The average molecular weight is 344 g/mol. The topological polar surface area (TPSA) is 49.8 Å². The maximum Gasteiger partial charge on any atom is 0.441 e. The summed E-state index contributed by atoms with van der Waals surface area (Å²) in [5.74, 6) is 0.925. The lowest BCUT2D eigenvalue weighted by molar-refractivity contribution is -0.109. The fourth-order valence-corrected chi connectivity index (χ4v) is 2.79. The molecule has 0 aliphatic rings. The Bertz CT molecular complexity index is 486. The number of carbonyl (C=O) groups is 1. The van der Waals surface area contributed by atoms with E-state index < -0.39 is 11.6 Å². The third-order valence-electron chi connectivity index (χ3n) is 2.96. The summed E-state index contributed by atoms with van der Waals surface area (Å²) in [5.41, 5.74) is 0.283. The second kappa shape index (κ2) is 6.48. The average Bonchev–Trinajstić information content (AvgIpc) is 2.24. The van der Waals surface area contributed by atoms with Crippen LogP contribution in [0.4, 0.5) is 4.79 Å². The van der Waals surface area contributed by atoms with Crippen LogP contribution >= 0.6 is 15.9 Å². The minimum atomic E-state index is -1.09. The molecular weight excluding hydrogens is 322 g/mol. The molecule has 0 bridgehead atoms. The van der Waals surface area contributed by atoms with Crippen LogP contribution in [0.25, 0.3) is 0 Å². The molecule has 0 radical (unpaired) electrons. The first-order chi connectivity index (χ1) is 9.13. The van der Waals surface area contributed by atoms with Gasteiger partial charge < -0.3 is 9.94 Å². The van der Waals surface area contributed by atoms with Gasteiger partial charge in [-0.1, -0.05) is 29.8 Å². The van der Waals surface area contributed by atoms with Crippen LogP contribution in [0, 0.1) is 12.8 Å². The van der Waals surface area contributed by atoms with Crippen LogP contribution in [0.15, 0.2) is 22.7 Å². The molecule has 0 aromatic heterocycles. The number of benzene rings is 1. The van der Waals surface area contributed by atoms with Gasteiger partial charge >= 0.3 is 6.09 Å². The van der Waals surface area contributed by atoms with Crippen LogP contribution in [0.1, 0.15) is 39.7 Å². The minimum absolute atomic E-state index is 0.376. The van der Waals surface area contributed by atoms with Crippen molar-refractivity contribution in [2.24, 2.45) is 5.92 Å². The Morgan fingerprint density at radius 3 is 2.50 bits per heavy atom.